The molecule has 4 aromatic carbocycles. The van der Waals surface area contributed by atoms with Crippen LogP contribution in [0.15, 0.2) is 115 Å². The zero-order chi connectivity index (χ0) is 41.5. The summed E-state index contributed by atoms with van der Waals surface area (Å²) in [6.07, 6.45) is 3.34. The van der Waals surface area contributed by atoms with Gasteiger partial charge in [-0.3, -0.25) is 14.4 Å². The van der Waals surface area contributed by atoms with Crippen LogP contribution in [-0.2, 0) is 39.1 Å². The maximum atomic E-state index is 14.0. The molecule has 59 heavy (non-hydrogen) atoms. The van der Waals surface area contributed by atoms with E-state index < -0.39 is 18.2 Å². The van der Waals surface area contributed by atoms with Crippen LogP contribution in [0.4, 0.5) is 10.5 Å². The Morgan fingerprint density at radius 3 is 2.34 bits per heavy atom. The van der Waals surface area contributed by atoms with E-state index in [1.807, 2.05) is 95.5 Å². The molecule has 2 atom stereocenters. The lowest BCUT2D eigenvalue weighted by atomic mass is 10.0. The van der Waals surface area contributed by atoms with E-state index in [0.29, 0.717) is 50.1 Å². The van der Waals surface area contributed by atoms with E-state index in [1.54, 1.807) is 43.0 Å². The van der Waals surface area contributed by atoms with Gasteiger partial charge in [0.15, 0.2) is 0 Å². The molecule has 7 rings (SSSR count). The Morgan fingerprint density at radius 1 is 0.915 bits per heavy atom. The van der Waals surface area contributed by atoms with Gasteiger partial charge >= 0.3 is 6.09 Å². The molecule has 0 saturated carbocycles. The van der Waals surface area contributed by atoms with Crippen LogP contribution >= 0.6 is 0 Å². The predicted molar refractivity (Wildman–Crippen MR) is 229 cm³/mol. The average molecular weight is 794 g/mol. The lowest BCUT2D eigenvalue weighted by Gasteiger charge is -2.29. The van der Waals surface area contributed by atoms with Crippen molar-refractivity contribution >= 4 is 40.4 Å². The smallest absolute Gasteiger partial charge is 0.408 e. The number of aryl methyl sites for hydroxylation is 1. The van der Waals surface area contributed by atoms with Gasteiger partial charge in [-0.15, -0.1) is 0 Å². The van der Waals surface area contributed by atoms with Gasteiger partial charge in [0.2, 0.25) is 11.8 Å². The number of benzene rings is 4. The van der Waals surface area contributed by atoms with Crippen molar-refractivity contribution in [3.05, 3.63) is 132 Å². The van der Waals surface area contributed by atoms with Crippen LogP contribution in [0, 0.1) is 0 Å². The second kappa shape index (κ2) is 18.3. The standard InChI is InChI=1S/C47H51N7O5/c1-5-24-53(43(55)26-32-13-8-6-9-14-32)30-42-50-40(29-52(42)4)34-20-18-33(19-21-34)39-28-36-27-37(22-23-38(36)49-39)48-45(56)41-17-12-25-54(41)46(57)44(35-15-10-7-11-16-35)51-47(58)59-31(2)3/h6-11,13-16,18-23,27-29,31,41,44,49H,5,12,17,24-26,30H2,1-4H3,(H,48,56)(H,51,58)/t41-,44+/m0/s1. The molecule has 2 aromatic heterocycles. The molecule has 1 saturated heterocycles. The van der Waals surface area contributed by atoms with Crippen LogP contribution in [0.25, 0.3) is 33.4 Å². The van der Waals surface area contributed by atoms with Gasteiger partial charge in [-0.25, -0.2) is 9.78 Å². The summed E-state index contributed by atoms with van der Waals surface area (Å²) in [6.45, 7) is 7.05. The van der Waals surface area contributed by atoms with Crippen LogP contribution in [0.2, 0.25) is 0 Å². The van der Waals surface area contributed by atoms with Crippen molar-refractivity contribution in [2.75, 3.05) is 18.4 Å². The third-order valence-electron chi connectivity index (χ3n) is 10.6. The lowest BCUT2D eigenvalue weighted by molar-refractivity contribution is -0.138. The Labute approximate surface area is 344 Å². The summed E-state index contributed by atoms with van der Waals surface area (Å²) in [7, 11) is 1.96. The first kappa shape index (κ1) is 40.5. The van der Waals surface area contributed by atoms with Gasteiger partial charge in [0.1, 0.15) is 17.9 Å². The van der Waals surface area contributed by atoms with Crippen molar-refractivity contribution in [2.45, 2.75) is 71.2 Å². The van der Waals surface area contributed by atoms with Gasteiger partial charge in [-0.05, 0) is 74.1 Å². The fourth-order valence-electron chi connectivity index (χ4n) is 7.59. The van der Waals surface area contributed by atoms with Gasteiger partial charge in [0.25, 0.3) is 5.91 Å². The molecule has 3 N–H and O–H groups in total. The number of rotatable bonds is 14. The highest BCUT2D eigenvalue weighted by Gasteiger charge is 2.38. The van der Waals surface area contributed by atoms with Gasteiger partial charge in [0.05, 0.1) is 24.8 Å². The fourth-order valence-corrected chi connectivity index (χ4v) is 7.59. The molecule has 0 spiro atoms. The molecule has 0 bridgehead atoms. The number of nitrogens with zero attached hydrogens (tertiary/aromatic N) is 4. The van der Waals surface area contributed by atoms with Gasteiger partial charge < -0.3 is 34.7 Å². The minimum Gasteiger partial charge on any atom is -0.447 e. The Balaban J connectivity index is 1.01. The first-order valence-electron chi connectivity index (χ1n) is 20.3. The Hall–Kier alpha value is -6.69. The number of likely N-dealkylation sites (tertiary alicyclic amines) is 1. The minimum absolute atomic E-state index is 0.0842. The second-order valence-electron chi connectivity index (χ2n) is 15.3. The maximum Gasteiger partial charge on any atom is 0.408 e. The number of aromatic amines is 1. The number of aromatic nitrogens is 3. The molecule has 12 heteroatoms. The maximum absolute atomic E-state index is 14.0. The molecule has 304 valence electrons. The zero-order valence-electron chi connectivity index (χ0n) is 34.0. The first-order chi connectivity index (χ1) is 28.6. The van der Waals surface area contributed by atoms with Crippen LogP contribution in [0.1, 0.15) is 63.0 Å². The summed E-state index contributed by atoms with van der Waals surface area (Å²) in [5.41, 5.74) is 6.85. The van der Waals surface area contributed by atoms with Crippen molar-refractivity contribution < 1.29 is 23.9 Å². The van der Waals surface area contributed by atoms with E-state index in [2.05, 4.69) is 34.7 Å². The van der Waals surface area contributed by atoms with Crippen molar-refractivity contribution in [1.29, 1.82) is 0 Å². The highest BCUT2D eigenvalue weighted by Crippen LogP contribution is 2.30. The highest BCUT2D eigenvalue weighted by atomic mass is 16.6. The summed E-state index contributed by atoms with van der Waals surface area (Å²) >= 11 is 0. The Kier molecular flexibility index (Phi) is 12.5. The Morgan fingerprint density at radius 2 is 1.63 bits per heavy atom. The van der Waals surface area contributed by atoms with Crippen LogP contribution in [0.5, 0.6) is 0 Å². The number of H-pyrrole nitrogens is 1. The number of anilines is 1. The number of amides is 4. The molecule has 6 aromatic rings. The van der Waals surface area contributed by atoms with Gasteiger partial charge in [0, 0.05) is 54.2 Å². The number of alkyl carbamates (subject to hydrolysis) is 1. The van der Waals surface area contributed by atoms with Crippen molar-refractivity contribution in [3.63, 3.8) is 0 Å². The van der Waals surface area contributed by atoms with Crippen molar-refractivity contribution in [2.24, 2.45) is 7.05 Å². The van der Waals surface area contributed by atoms with E-state index in [0.717, 1.165) is 51.2 Å². The second-order valence-corrected chi connectivity index (χ2v) is 15.3. The molecular formula is C47H51N7O5. The van der Waals surface area contributed by atoms with Crippen LogP contribution < -0.4 is 10.6 Å². The number of hydrogen-bond donors (Lipinski definition) is 3. The van der Waals surface area contributed by atoms with E-state index in [4.69, 9.17) is 9.72 Å². The largest absolute Gasteiger partial charge is 0.447 e. The molecular weight excluding hydrogens is 743 g/mol. The minimum atomic E-state index is -0.996. The van der Waals surface area contributed by atoms with Gasteiger partial charge in [-0.1, -0.05) is 91.9 Å². The summed E-state index contributed by atoms with van der Waals surface area (Å²) in [6, 6.07) is 33.0. The molecule has 1 fully saturated rings. The fraction of sp³-hybridized carbons (Fsp3) is 0.298. The lowest BCUT2D eigenvalue weighted by Crippen LogP contribution is -2.48. The predicted octanol–water partition coefficient (Wildman–Crippen LogP) is 8.02. The summed E-state index contributed by atoms with van der Waals surface area (Å²) in [5.74, 6) is 0.259. The normalized spacial score (nSPS) is 14.3. The Bertz CT molecular complexity index is 2410. The molecule has 3 heterocycles. The number of fused-ring (bicyclic) bond motifs is 1. The summed E-state index contributed by atoms with van der Waals surface area (Å²) < 4.78 is 7.27. The van der Waals surface area contributed by atoms with Crippen LogP contribution in [-0.4, -0.2) is 73.4 Å². The summed E-state index contributed by atoms with van der Waals surface area (Å²) in [5, 5.41) is 6.67. The molecule has 1 aliphatic rings. The summed E-state index contributed by atoms with van der Waals surface area (Å²) in [4.78, 5) is 65.4. The molecule has 12 nitrogen and oxygen atoms in total. The van der Waals surface area contributed by atoms with Gasteiger partial charge in [-0.2, -0.15) is 0 Å². The van der Waals surface area contributed by atoms with E-state index >= 15 is 0 Å². The van der Waals surface area contributed by atoms with E-state index in [1.165, 1.54) is 0 Å². The van der Waals surface area contributed by atoms with E-state index in [9.17, 15) is 19.2 Å². The number of carbonyl (C=O) groups is 4. The van der Waals surface area contributed by atoms with Crippen molar-refractivity contribution in [1.82, 2.24) is 29.7 Å². The van der Waals surface area contributed by atoms with Crippen LogP contribution in [0.3, 0.4) is 0 Å². The number of nitrogens with one attached hydrogen (secondary N) is 3. The molecule has 4 amide bonds. The molecule has 0 radical (unpaired) electrons. The zero-order valence-corrected chi connectivity index (χ0v) is 34.0. The van der Waals surface area contributed by atoms with Crippen molar-refractivity contribution in [3.8, 4) is 22.5 Å². The third kappa shape index (κ3) is 9.72. The SMILES string of the molecule is CCCN(Cc1nc(-c2ccc(-c3cc4cc(NC(=O)[C@@H]5CCCN5C(=O)[C@H](NC(=O)OC(C)C)c5ccccc5)ccc4[nH]3)cc2)cn1C)C(=O)Cc1ccccc1. The molecule has 0 aliphatic carbocycles. The van der Waals surface area contributed by atoms with E-state index in [-0.39, 0.29) is 23.8 Å². The topological polar surface area (TPSA) is 142 Å². The first-order valence-corrected chi connectivity index (χ1v) is 20.3. The molecule has 0 unspecified atom stereocenters. The average Bonchev–Trinajstić information content (AvgIpc) is 3.99. The third-order valence-corrected chi connectivity index (χ3v) is 10.6. The highest BCUT2D eigenvalue weighted by molar-refractivity contribution is 6.00. The number of carbonyl (C=O) groups excluding carboxylic acids is 4. The number of imidazole rings is 1. The number of hydrogen-bond acceptors (Lipinski definition) is 6. The quantitative estimate of drug-likeness (QED) is 0.102. The molecule has 1 aliphatic heterocycles. The monoisotopic (exact) mass is 793 g/mol. The number of ether oxygens (including phenoxy) is 1.